The van der Waals surface area contributed by atoms with E-state index < -0.39 is 0 Å². The molecule has 0 fully saturated rings. The molecule has 8 aromatic rings. The van der Waals surface area contributed by atoms with Gasteiger partial charge in [0.05, 0.1) is 46.4 Å². The number of aliphatic hydroxyl groups excluding tert-OH is 1. The highest BCUT2D eigenvalue weighted by Gasteiger charge is 2.27. The highest BCUT2D eigenvalue weighted by atomic mass is 16.5. The van der Waals surface area contributed by atoms with E-state index in [0.29, 0.717) is 44.0 Å². The minimum absolute atomic E-state index is 0.0274. The average molecular weight is 974 g/mol. The highest BCUT2D eigenvalue weighted by molar-refractivity contribution is 6.03. The number of nitrogens with zero attached hydrogens (tertiary/aromatic N) is 5. The number of benzene rings is 6. The summed E-state index contributed by atoms with van der Waals surface area (Å²) in [5.74, 6) is 3.09. The van der Waals surface area contributed by atoms with Gasteiger partial charge in [-0.3, -0.25) is 19.4 Å². The molecule has 0 saturated heterocycles. The van der Waals surface area contributed by atoms with Crippen molar-refractivity contribution in [1.29, 1.82) is 5.26 Å². The third-order valence-corrected chi connectivity index (χ3v) is 12.6. The van der Waals surface area contributed by atoms with E-state index in [-0.39, 0.29) is 29.3 Å². The first-order valence-corrected chi connectivity index (χ1v) is 24.7. The van der Waals surface area contributed by atoms with E-state index in [1.54, 1.807) is 36.4 Å². The van der Waals surface area contributed by atoms with E-state index in [0.717, 1.165) is 88.7 Å². The lowest BCUT2D eigenvalue weighted by atomic mass is 9.91. The number of hydrogen-bond acceptors (Lipinski definition) is 8. The van der Waals surface area contributed by atoms with Crippen molar-refractivity contribution in [3.63, 3.8) is 0 Å². The number of methoxy groups -OCH3 is 2. The number of carbonyl (C=O) groups is 2. The Bertz CT molecular complexity index is 3270. The van der Waals surface area contributed by atoms with Crippen molar-refractivity contribution in [3.8, 4) is 39.8 Å². The second-order valence-corrected chi connectivity index (χ2v) is 21.1. The van der Waals surface area contributed by atoms with Gasteiger partial charge in [-0.25, -0.2) is 9.97 Å². The van der Waals surface area contributed by atoms with Crippen molar-refractivity contribution >= 4 is 45.0 Å². The summed E-state index contributed by atoms with van der Waals surface area (Å²) < 4.78 is 10.8. The summed E-state index contributed by atoms with van der Waals surface area (Å²) in [5, 5.41) is 22.3. The lowest BCUT2D eigenvalue weighted by Gasteiger charge is -2.27. The van der Waals surface area contributed by atoms with Crippen molar-refractivity contribution in [3.05, 3.63) is 179 Å². The van der Waals surface area contributed by atoms with Gasteiger partial charge in [0.15, 0.2) is 0 Å². The summed E-state index contributed by atoms with van der Waals surface area (Å²) in [6.07, 6.45) is 4.62. The summed E-state index contributed by atoms with van der Waals surface area (Å²) in [6.45, 7) is 17.3. The minimum Gasteiger partial charge on any atom is -0.496 e. The Morgan fingerprint density at radius 1 is 0.534 bits per heavy atom. The van der Waals surface area contributed by atoms with Crippen LogP contribution in [-0.2, 0) is 35.7 Å². The topological polar surface area (TPSA) is 129 Å². The molecule has 2 heterocycles. The number of carbonyl (C=O) groups excluding carboxylic acids is 2. The third-order valence-electron chi connectivity index (χ3n) is 12.6. The Morgan fingerprint density at radius 2 is 0.918 bits per heavy atom. The summed E-state index contributed by atoms with van der Waals surface area (Å²) in [4.78, 5) is 40.0. The maximum atomic E-state index is 13.6. The largest absolute Gasteiger partial charge is 0.496 e. The summed E-state index contributed by atoms with van der Waals surface area (Å²) >= 11 is 0. The van der Waals surface area contributed by atoms with Crippen molar-refractivity contribution in [1.82, 2.24) is 9.97 Å². The number of aliphatic hydroxyl groups is 1. The maximum Gasteiger partial charge on any atom is 0.229 e. The molecule has 374 valence electrons. The summed E-state index contributed by atoms with van der Waals surface area (Å²) in [5.41, 5.74) is 10.1. The number of rotatable bonds is 14. The SMILES string of the molecule is COc1ccc(-c2ccc(CN(C(=O)CC(C)(C)C)c3nccc4cc(CC#N)ccc34)cc2)cc1C.COc1ccc(-c2ccc(CN(C(=O)CC(C)(C)C)c3nccc4cc(CO)ccc34)cc2)cc1C. The molecule has 10 nitrogen and oxygen atoms in total. The van der Waals surface area contributed by atoms with Gasteiger partial charge < -0.3 is 14.6 Å². The van der Waals surface area contributed by atoms with E-state index >= 15 is 0 Å². The Kier molecular flexibility index (Phi) is 16.8. The van der Waals surface area contributed by atoms with Crippen LogP contribution in [0.2, 0.25) is 0 Å². The minimum atomic E-state index is -0.157. The standard InChI is InChI=1S/C32H33N3O2.C31H34N2O3/c1-22-18-26(11-13-29(22)37-5)25-9-6-24(7-10-25)21-35(30(36)20-32(2,3)4)31-28-12-8-23(14-16-33)19-27(28)15-17-34-31;1-21-16-25(11-13-28(21)36-5)24-9-6-22(7-10-24)19-33(29(35)18-31(2,3)4)30-27-12-8-23(20-34)17-26(27)14-15-32-30/h6-13,15,17-19H,14,20-21H2,1-5H3;6-17,34H,18-20H2,1-5H3. The zero-order chi connectivity index (χ0) is 52.5. The Morgan fingerprint density at radius 3 is 1.29 bits per heavy atom. The van der Waals surface area contributed by atoms with Gasteiger partial charge >= 0.3 is 0 Å². The van der Waals surface area contributed by atoms with Crippen molar-refractivity contribution in [2.75, 3.05) is 24.0 Å². The van der Waals surface area contributed by atoms with Crippen LogP contribution in [0.5, 0.6) is 11.5 Å². The van der Waals surface area contributed by atoms with Crippen molar-refractivity contribution in [2.45, 2.75) is 94.3 Å². The number of ether oxygens (including phenoxy) is 2. The van der Waals surface area contributed by atoms with Gasteiger partial charge in [0.1, 0.15) is 23.1 Å². The number of fused-ring (bicyclic) bond motifs is 2. The Labute approximate surface area is 430 Å². The fourth-order valence-electron chi connectivity index (χ4n) is 8.90. The molecule has 1 N–H and O–H groups in total. The molecule has 73 heavy (non-hydrogen) atoms. The van der Waals surface area contributed by atoms with Gasteiger partial charge in [-0.05, 0) is 140 Å². The monoisotopic (exact) mass is 974 g/mol. The summed E-state index contributed by atoms with van der Waals surface area (Å²) in [6, 6.07) is 46.7. The number of pyridine rings is 2. The Hall–Kier alpha value is -7.87. The molecule has 0 saturated carbocycles. The normalized spacial score (nSPS) is 11.4. The summed E-state index contributed by atoms with van der Waals surface area (Å²) in [7, 11) is 3.36. The van der Waals surface area contributed by atoms with E-state index in [9.17, 15) is 14.7 Å². The fraction of sp³-hybridized carbons (Fsp3) is 0.286. The van der Waals surface area contributed by atoms with Crippen LogP contribution < -0.4 is 19.3 Å². The van der Waals surface area contributed by atoms with E-state index in [1.165, 1.54) is 0 Å². The number of amides is 2. The predicted molar refractivity (Wildman–Crippen MR) is 296 cm³/mol. The number of aromatic nitrogens is 2. The van der Waals surface area contributed by atoms with Crippen LogP contribution in [-0.4, -0.2) is 41.1 Å². The second kappa shape index (κ2) is 23.1. The number of hydrogen-bond donors (Lipinski definition) is 1. The van der Waals surface area contributed by atoms with Gasteiger partial charge in [-0.1, -0.05) is 126 Å². The number of aryl methyl sites for hydroxylation is 2. The molecule has 2 amide bonds. The molecule has 0 aliphatic heterocycles. The van der Waals surface area contributed by atoms with Crippen LogP contribution in [0.1, 0.15) is 87.8 Å². The second-order valence-electron chi connectivity index (χ2n) is 21.1. The van der Waals surface area contributed by atoms with E-state index in [1.807, 2.05) is 74.5 Å². The molecule has 2 aromatic heterocycles. The molecule has 10 heteroatoms. The lowest BCUT2D eigenvalue weighted by Crippen LogP contribution is -2.34. The van der Waals surface area contributed by atoms with Crippen LogP contribution in [0, 0.1) is 36.0 Å². The molecule has 8 rings (SSSR count). The zero-order valence-corrected chi connectivity index (χ0v) is 43.9. The third kappa shape index (κ3) is 13.6. The molecule has 0 bridgehead atoms. The van der Waals surface area contributed by atoms with Gasteiger partial charge in [0.2, 0.25) is 11.8 Å². The Balaban J connectivity index is 0.000000214. The van der Waals surface area contributed by atoms with E-state index in [4.69, 9.17) is 14.7 Å². The van der Waals surface area contributed by atoms with Crippen LogP contribution in [0.3, 0.4) is 0 Å². The number of anilines is 2. The van der Waals surface area contributed by atoms with Gasteiger partial charge in [0, 0.05) is 36.0 Å². The van der Waals surface area contributed by atoms with E-state index in [2.05, 4.69) is 130 Å². The lowest BCUT2D eigenvalue weighted by molar-refractivity contribution is -0.121. The van der Waals surface area contributed by atoms with Crippen LogP contribution >= 0.6 is 0 Å². The fourth-order valence-corrected chi connectivity index (χ4v) is 8.90. The van der Waals surface area contributed by atoms with Crippen LogP contribution in [0.4, 0.5) is 11.6 Å². The van der Waals surface area contributed by atoms with Crippen molar-refractivity contribution in [2.24, 2.45) is 10.8 Å². The molecule has 0 spiro atoms. The molecular weight excluding hydrogens is 907 g/mol. The molecule has 0 aliphatic rings. The average Bonchev–Trinajstić information content (AvgIpc) is 3.36. The molecule has 0 atom stereocenters. The highest BCUT2D eigenvalue weighted by Crippen LogP contribution is 2.34. The van der Waals surface area contributed by atoms with Gasteiger partial charge in [0.25, 0.3) is 0 Å². The van der Waals surface area contributed by atoms with Crippen LogP contribution in [0.15, 0.2) is 146 Å². The van der Waals surface area contributed by atoms with Crippen molar-refractivity contribution < 1.29 is 24.2 Å². The first kappa shape index (κ1) is 52.9. The maximum absolute atomic E-state index is 13.6. The first-order chi connectivity index (χ1) is 34.9. The zero-order valence-electron chi connectivity index (χ0n) is 43.9. The van der Waals surface area contributed by atoms with Gasteiger partial charge in [-0.2, -0.15) is 5.26 Å². The predicted octanol–water partition coefficient (Wildman–Crippen LogP) is 13.9. The molecular formula is C63H67N5O5. The molecule has 0 radical (unpaired) electrons. The molecule has 0 aliphatic carbocycles. The first-order valence-electron chi connectivity index (χ1n) is 24.7. The van der Waals surface area contributed by atoms with Crippen LogP contribution in [0.25, 0.3) is 43.8 Å². The van der Waals surface area contributed by atoms with Gasteiger partial charge in [-0.15, -0.1) is 0 Å². The smallest absolute Gasteiger partial charge is 0.229 e. The molecule has 0 unspecified atom stereocenters. The molecule has 6 aromatic carbocycles. The number of nitriles is 1. The quantitative estimate of drug-likeness (QED) is 0.114.